The standard InChI is InChI=1S/C23H23N5O2S/c1-3-4-13-20-25-26-23(31-20)24-22(29)19-15-28(17-10-6-5-7-11-17)27-21(19)16-9-8-12-18(14-16)30-2/h5-12,14-15H,3-4,13H2,1-2H3,(H,24,26,29). The zero-order valence-corrected chi connectivity index (χ0v) is 18.2. The van der Waals surface area contributed by atoms with Crippen LogP contribution in [0.4, 0.5) is 5.13 Å². The Morgan fingerprint density at radius 2 is 1.97 bits per heavy atom. The van der Waals surface area contributed by atoms with Crippen LogP contribution >= 0.6 is 11.3 Å². The molecular weight excluding hydrogens is 410 g/mol. The van der Waals surface area contributed by atoms with Crippen molar-refractivity contribution in [3.05, 3.63) is 71.4 Å². The van der Waals surface area contributed by atoms with E-state index < -0.39 is 0 Å². The predicted octanol–water partition coefficient (Wildman–Crippen LogP) is 4.99. The van der Waals surface area contributed by atoms with Crippen LogP contribution in [0.5, 0.6) is 5.75 Å². The van der Waals surface area contributed by atoms with E-state index in [1.165, 1.54) is 11.3 Å². The van der Waals surface area contributed by atoms with E-state index in [0.717, 1.165) is 35.5 Å². The molecule has 0 saturated carbocycles. The normalized spacial score (nSPS) is 10.8. The van der Waals surface area contributed by atoms with Gasteiger partial charge in [0.15, 0.2) is 0 Å². The second-order valence-corrected chi connectivity index (χ2v) is 8.02. The number of aromatic nitrogens is 4. The highest BCUT2D eigenvalue weighted by Crippen LogP contribution is 2.28. The fourth-order valence-corrected chi connectivity index (χ4v) is 3.91. The lowest BCUT2D eigenvalue weighted by Gasteiger charge is -2.05. The summed E-state index contributed by atoms with van der Waals surface area (Å²) >= 11 is 1.41. The molecule has 0 saturated heterocycles. The molecule has 0 fully saturated rings. The third-order valence-corrected chi connectivity index (χ3v) is 5.65. The third kappa shape index (κ3) is 4.80. The molecule has 8 heteroatoms. The number of nitrogens with zero attached hydrogens (tertiary/aromatic N) is 4. The minimum atomic E-state index is -0.279. The molecule has 2 aromatic heterocycles. The van der Waals surface area contributed by atoms with Gasteiger partial charge in [-0.25, -0.2) is 4.68 Å². The van der Waals surface area contributed by atoms with Gasteiger partial charge < -0.3 is 4.74 Å². The quantitative estimate of drug-likeness (QED) is 0.423. The van der Waals surface area contributed by atoms with Crippen molar-refractivity contribution >= 4 is 22.4 Å². The van der Waals surface area contributed by atoms with Crippen LogP contribution in [0.2, 0.25) is 0 Å². The average Bonchev–Trinajstić information content (AvgIpc) is 3.45. The number of ether oxygens (including phenoxy) is 1. The van der Waals surface area contributed by atoms with Crippen molar-refractivity contribution in [2.45, 2.75) is 26.2 Å². The zero-order chi connectivity index (χ0) is 21.6. The first-order chi connectivity index (χ1) is 15.2. The van der Waals surface area contributed by atoms with Crippen molar-refractivity contribution in [2.75, 3.05) is 12.4 Å². The van der Waals surface area contributed by atoms with Crippen LogP contribution in [-0.4, -0.2) is 33.0 Å². The van der Waals surface area contributed by atoms with Gasteiger partial charge in [0.05, 0.1) is 18.4 Å². The molecule has 158 valence electrons. The van der Waals surface area contributed by atoms with Crippen molar-refractivity contribution in [1.29, 1.82) is 0 Å². The highest BCUT2D eigenvalue weighted by atomic mass is 32.1. The molecule has 0 spiro atoms. The molecule has 31 heavy (non-hydrogen) atoms. The summed E-state index contributed by atoms with van der Waals surface area (Å²) in [4.78, 5) is 13.2. The summed E-state index contributed by atoms with van der Waals surface area (Å²) in [6.07, 6.45) is 4.74. The molecule has 1 amide bonds. The van der Waals surface area contributed by atoms with E-state index in [4.69, 9.17) is 9.84 Å². The molecule has 0 aliphatic rings. The van der Waals surface area contributed by atoms with Gasteiger partial charge in [0.2, 0.25) is 5.13 Å². The van der Waals surface area contributed by atoms with E-state index in [9.17, 15) is 4.79 Å². The van der Waals surface area contributed by atoms with Crippen molar-refractivity contribution in [2.24, 2.45) is 0 Å². The molecule has 1 N–H and O–H groups in total. The SMILES string of the molecule is CCCCc1nnc(NC(=O)c2cn(-c3ccccc3)nc2-c2cccc(OC)c2)s1. The molecule has 0 bridgehead atoms. The average molecular weight is 434 g/mol. The summed E-state index contributed by atoms with van der Waals surface area (Å²) in [5, 5.41) is 17.3. The number of methoxy groups -OCH3 is 1. The maximum absolute atomic E-state index is 13.2. The maximum atomic E-state index is 13.2. The number of hydrogen-bond acceptors (Lipinski definition) is 6. The van der Waals surface area contributed by atoms with E-state index in [0.29, 0.717) is 22.1 Å². The highest BCUT2D eigenvalue weighted by molar-refractivity contribution is 7.15. The molecule has 2 aromatic carbocycles. The molecule has 7 nitrogen and oxygen atoms in total. The van der Waals surface area contributed by atoms with Crippen molar-refractivity contribution in [3.8, 4) is 22.7 Å². The number of unbranched alkanes of at least 4 members (excludes halogenated alkanes) is 1. The highest BCUT2D eigenvalue weighted by Gasteiger charge is 2.20. The van der Waals surface area contributed by atoms with Crippen molar-refractivity contribution in [1.82, 2.24) is 20.0 Å². The Balaban J connectivity index is 1.68. The first-order valence-corrected chi connectivity index (χ1v) is 10.9. The number of carbonyl (C=O) groups is 1. The van der Waals surface area contributed by atoms with Crippen LogP contribution in [0.15, 0.2) is 60.8 Å². The second-order valence-electron chi connectivity index (χ2n) is 6.96. The molecule has 0 radical (unpaired) electrons. The Hall–Kier alpha value is -3.52. The van der Waals surface area contributed by atoms with Gasteiger partial charge in [-0.3, -0.25) is 10.1 Å². The second kappa shape index (κ2) is 9.53. The van der Waals surface area contributed by atoms with E-state index in [1.54, 1.807) is 18.0 Å². The lowest BCUT2D eigenvalue weighted by atomic mass is 10.1. The first kappa shape index (κ1) is 20.7. The largest absolute Gasteiger partial charge is 0.497 e. The number of aryl methyl sites for hydroxylation is 1. The monoisotopic (exact) mass is 433 g/mol. The molecule has 4 rings (SSSR count). The van der Waals surface area contributed by atoms with Gasteiger partial charge in [-0.1, -0.05) is 55.0 Å². The van der Waals surface area contributed by atoms with Crippen molar-refractivity contribution in [3.63, 3.8) is 0 Å². The lowest BCUT2D eigenvalue weighted by molar-refractivity contribution is 0.102. The Kier molecular flexibility index (Phi) is 6.37. The molecule has 0 unspecified atom stereocenters. The summed E-state index contributed by atoms with van der Waals surface area (Å²) in [5.74, 6) is 0.418. The van der Waals surface area contributed by atoms with Crippen LogP contribution in [0.3, 0.4) is 0 Å². The van der Waals surface area contributed by atoms with Gasteiger partial charge in [-0.05, 0) is 30.7 Å². The number of nitrogens with one attached hydrogen (secondary N) is 1. The smallest absolute Gasteiger partial charge is 0.261 e. The first-order valence-electron chi connectivity index (χ1n) is 10.1. The number of benzene rings is 2. The van der Waals surface area contributed by atoms with Gasteiger partial charge >= 0.3 is 0 Å². The van der Waals surface area contributed by atoms with Crippen LogP contribution in [0, 0.1) is 0 Å². The predicted molar refractivity (Wildman–Crippen MR) is 122 cm³/mol. The van der Waals surface area contributed by atoms with Crippen LogP contribution in [0.25, 0.3) is 16.9 Å². The summed E-state index contributed by atoms with van der Waals surface area (Å²) in [7, 11) is 1.61. The number of carbonyl (C=O) groups excluding carboxylic acids is 1. The lowest BCUT2D eigenvalue weighted by Crippen LogP contribution is -2.12. The number of para-hydroxylation sites is 1. The molecule has 0 atom stereocenters. The number of anilines is 1. The van der Waals surface area contributed by atoms with E-state index in [2.05, 4.69) is 22.4 Å². The summed E-state index contributed by atoms with van der Waals surface area (Å²) in [6, 6.07) is 17.2. The van der Waals surface area contributed by atoms with Gasteiger partial charge in [0, 0.05) is 18.2 Å². The topological polar surface area (TPSA) is 81.9 Å². The molecule has 0 aliphatic heterocycles. The minimum absolute atomic E-state index is 0.279. The summed E-state index contributed by atoms with van der Waals surface area (Å²) < 4.78 is 7.05. The molecule has 4 aromatic rings. The molecule has 2 heterocycles. The Labute approximate surface area is 184 Å². The number of hydrogen-bond donors (Lipinski definition) is 1. The van der Waals surface area contributed by atoms with Crippen LogP contribution in [0.1, 0.15) is 35.1 Å². The van der Waals surface area contributed by atoms with Gasteiger partial charge in [-0.15, -0.1) is 10.2 Å². The summed E-state index contributed by atoms with van der Waals surface area (Å²) in [5.41, 5.74) is 2.67. The third-order valence-electron chi connectivity index (χ3n) is 4.75. The van der Waals surface area contributed by atoms with Crippen LogP contribution in [-0.2, 0) is 6.42 Å². The van der Waals surface area contributed by atoms with Gasteiger partial charge in [0.1, 0.15) is 16.5 Å². The fourth-order valence-electron chi connectivity index (χ4n) is 3.13. The number of rotatable bonds is 8. The van der Waals surface area contributed by atoms with E-state index in [-0.39, 0.29) is 5.91 Å². The molecular formula is C23H23N5O2S. The zero-order valence-electron chi connectivity index (χ0n) is 17.4. The van der Waals surface area contributed by atoms with E-state index >= 15 is 0 Å². The minimum Gasteiger partial charge on any atom is -0.497 e. The van der Waals surface area contributed by atoms with Crippen LogP contribution < -0.4 is 10.1 Å². The Morgan fingerprint density at radius 3 is 2.74 bits per heavy atom. The van der Waals surface area contributed by atoms with Gasteiger partial charge in [-0.2, -0.15) is 5.10 Å². The fraction of sp³-hybridized carbons (Fsp3) is 0.217. The summed E-state index contributed by atoms with van der Waals surface area (Å²) in [6.45, 7) is 2.13. The maximum Gasteiger partial charge on any atom is 0.261 e. The molecule has 0 aliphatic carbocycles. The Morgan fingerprint density at radius 1 is 1.13 bits per heavy atom. The Bertz CT molecular complexity index is 1170. The van der Waals surface area contributed by atoms with Gasteiger partial charge in [0.25, 0.3) is 5.91 Å². The van der Waals surface area contributed by atoms with Crippen molar-refractivity contribution < 1.29 is 9.53 Å². The van der Waals surface area contributed by atoms with E-state index in [1.807, 2.05) is 54.6 Å². The number of amides is 1.